The molecule has 1 N–H and O–H groups in total. The van der Waals surface area contributed by atoms with Crippen LogP contribution < -0.4 is 9.80 Å². The fourth-order valence-corrected chi connectivity index (χ4v) is 6.13. The third-order valence-electron chi connectivity index (χ3n) is 7.85. The van der Waals surface area contributed by atoms with Gasteiger partial charge < -0.3 is 14.9 Å². The highest BCUT2D eigenvalue weighted by molar-refractivity contribution is 5.58. The molecule has 0 unspecified atom stereocenters. The van der Waals surface area contributed by atoms with Crippen LogP contribution in [0.3, 0.4) is 0 Å². The molecule has 0 radical (unpaired) electrons. The summed E-state index contributed by atoms with van der Waals surface area (Å²) in [5.41, 5.74) is 6.46. The average Bonchev–Trinajstić information content (AvgIpc) is 2.88. The Morgan fingerprint density at radius 2 is 1.61 bits per heavy atom. The van der Waals surface area contributed by atoms with Gasteiger partial charge in [0.1, 0.15) is 5.75 Å². The van der Waals surface area contributed by atoms with Gasteiger partial charge in [0.2, 0.25) is 0 Å². The maximum absolute atomic E-state index is 10.1. The van der Waals surface area contributed by atoms with Gasteiger partial charge in [0.25, 0.3) is 0 Å². The number of nitrogens with zero attached hydrogens (tertiary/aromatic N) is 3. The summed E-state index contributed by atoms with van der Waals surface area (Å²) in [5.74, 6) is 0.359. The Hall–Kier alpha value is -2.98. The third-order valence-corrected chi connectivity index (χ3v) is 7.85. The number of piperazine rings is 1. The summed E-state index contributed by atoms with van der Waals surface area (Å²) < 4.78 is 0. The zero-order valence-electron chi connectivity index (χ0n) is 19.2. The lowest BCUT2D eigenvalue weighted by Crippen LogP contribution is -2.54. The van der Waals surface area contributed by atoms with E-state index in [0.29, 0.717) is 5.75 Å². The van der Waals surface area contributed by atoms with Gasteiger partial charge in [-0.25, -0.2) is 0 Å². The Labute approximate surface area is 197 Å². The largest absolute Gasteiger partial charge is 0.508 e. The minimum absolute atomic E-state index is 0.154. The van der Waals surface area contributed by atoms with Crippen LogP contribution in [0.4, 0.5) is 11.4 Å². The summed E-state index contributed by atoms with van der Waals surface area (Å²) >= 11 is 0. The molecule has 3 aliphatic rings. The van der Waals surface area contributed by atoms with Crippen LogP contribution in [0.25, 0.3) is 0 Å². The number of hydrogen-bond donors (Lipinski definition) is 1. The first-order chi connectivity index (χ1) is 16.3. The van der Waals surface area contributed by atoms with E-state index in [2.05, 4.69) is 75.4 Å². The topological polar surface area (TPSA) is 30.0 Å². The van der Waals surface area contributed by atoms with Crippen molar-refractivity contribution in [2.24, 2.45) is 0 Å². The molecule has 2 saturated heterocycles. The van der Waals surface area contributed by atoms with Crippen LogP contribution in [0.1, 0.15) is 42.0 Å². The maximum atomic E-state index is 10.1. The second-order valence-corrected chi connectivity index (χ2v) is 9.79. The normalized spacial score (nSPS) is 23.2. The number of piperidine rings is 1. The SMILES string of the molecule is Oc1ccc2c(c1)CCN(c1ccccc1)[C@H]2c1ccc(N2CCN3CCCC[C@@H]3C2)cc1. The number of para-hydroxylation sites is 1. The van der Waals surface area contributed by atoms with Crippen molar-refractivity contribution in [3.8, 4) is 5.75 Å². The highest BCUT2D eigenvalue weighted by Crippen LogP contribution is 2.40. The molecule has 6 rings (SSSR count). The van der Waals surface area contributed by atoms with E-state index in [0.717, 1.165) is 32.1 Å². The van der Waals surface area contributed by atoms with E-state index in [1.807, 2.05) is 12.1 Å². The molecule has 4 heteroatoms. The van der Waals surface area contributed by atoms with E-state index in [9.17, 15) is 5.11 Å². The molecule has 0 amide bonds. The summed E-state index contributed by atoms with van der Waals surface area (Å²) in [4.78, 5) is 7.79. The van der Waals surface area contributed by atoms with Crippen molar-refractivity contribution in [2.75, 3.05) is 42.5 Å². The van der Waals surface area contributed by atoms with E-state index in [1.54, 1.807) is 0 Å². The van der Waals surface area contributed by atoms with Crippen LogP contribution in [-0.4, -0.2) is 48.8 Å². The van der Waals surface area contributed by atoms with E-state index >= 15 is 0 Å². The van der Waals surface area contributed by atoms with E-state index in [4.69, 9.17) is 0 Å². The van der Waals surface area contributed by atoms with Crippen LogP contribution >= 0.6 is 0 Å². The van der Waals surface area contributed by atoms with Crippen molar-refractivity contribution in [1.82, 2.24) is 4.90 Å². The van der Waals surface area contributed by atoms with Crippen molar-refractivity contribution in [1.29, 1.82) is 0 Å². The van der Waals surface area contributed by atoms with Crippen LogP contribution in [0.5, 0.6) is 5.75 Å². The van der Waals surface area contributed by atoms with Crippen molar-refractivity contribution in [3.63, 3.8) is 0 Å². The molecule has 0 aliphatic carbocycles. The van der Waals surface area contributed by atoms with Crippen molar-refractivity contribution >= 4 is 11.4 Å². The Bertz CT molecular complexity index is 1100. The van der Waals surface area contributed by atoms with Crippen molar-refractivity contribution in [2.45, 2.75) is 37.8 Å². The van der Waals surface area contributed by atoms with Gasteiger partial charge >= 0.3 is 0 Å². The smallest absolute Gasteiger partial charge is 0.115 e. The van der Waals surface area contributed by atoms with Gasteiger partial charge in [-0.05, 0) is 78.9 Å². The molecule has 3 aromatic carbocycles. The summed E-state index contributed by atoms with van der Waals surface area (Å²) in [6.45, 7) is 5.69. The predicted octanol–water partition coefficient (Wildman–Crippen LogP) is 5.22. The minimum atomic E-state index is 0.154. The highest BCUT2D eigenvalue weighted by atomic mass is 16.3. The standard InChI is InChI=1S/C29H33N3O/c33-27-13-14-28-23(20-27)15-17-32(25-6-2-1-3-7-25)29(28)22-9-11-24(12-10-22)31-19-18-30-16-5-4-8-26(30)21-31/h1-3,6-7,9-14,20,26,29,33H,4-5,8,15-19,21H2/t26-,29+/m1/s1. The summed E-state index contributed by atoms with van der Waals surface area (Å²) in [6.07, 6.45) is 5.02. The molecule has 170 valence electrons. The van der Waals surface area contributed by atoms with E-state index < -0.39 is 0 Å². The summed E-state index contributed by atoms with van der Waals surface area (Å²) in [7, 11) is 0. The number of rotatable bonds is 3. The van der Waals surface area contributed by atoms with Gasteiger partial charge in [-0.3, -0.25) is 4.90 Å². The van der Waals surface area contributed by atoms with Crippen LogP contribution in [0, 0.1) is 0 Å². The molecular formula is C29H33N3O. The van der Waals surface area contributed by atoms with E-state index in [1.165, 1.54) is 60.4 Å². The fraction of sp³-hybridized carbons (Fsp3) is 0.379. The lowest BCUT2D eigenvalue weighted by Gasteiger charge is -2.45. The van der Waals surface area contributed by atoms with Gasteiger partial charge in [-0.15, -0.1) is 0 Å². The number of anilines is 2. The molecule has 3 heterocycles. The third kappa shape index (κ3) is 3.97. The van der Waals surface area contributed by atoms with Gasteiger partial charge in [-0.1, -0.05) is 42.8 Å². The summed E-state index contributed by atoms with van der Waals surface area (Å²) in [5, 5.41) is 10.1. The zero-order chi connectivity index (χ0) is 22.2. The van der Waals surface area contributed by atoms with Gasteiger partial charge in [0.05, 0.1) is 6.04 Å². The minimum Gasteiger partial charge on any atom is -0.508 e. The molecule has 0 spiro atoms. The Morgan fingerprint density at radius 3 is 2.45 bits per heavy atom. The number of hydrogen-bond acceptors (Lipinski definition) is 4. The zero-order valence-corrected chi connectivity index (χ0v) is 19.2. The summed E-state index contributed by atoms with van der Waals surface area (Å²) in [6, 6.07) is 26.8. The number of benzene rings is 3. The molecule has 0 bridgehead atoms. The number of fused-ring (bicyclic) bond motifs is 2. The lowest BCUT2D eigenvalue weighted by molar-refractivity contribution is 0.133. The molecule has 33 heavy (non-hydrogen) atoms. The molecule has 0 aromatic heterocycles. The van der Waals surface area contributed by atoms with Crippen LogP contribution in [-0.2, 0) is 6.42 Å². The molecule has 4 nitrogen and oxygen atoms in total. The second kappa shape index (κ2) is 8.75. The molecule has 2 fully saturated rings. The first-order valence-corrected chi connectivity index (χ1v) is 12.5. The van der Waals surface area contributed by atoms with Crippen LogP contribution in [0.2, 0.25) is 0 Å². The molecular weight excluding hydrogens is 406 g/mol. The lowest BCUT2D eigenvalue weighted by atomic mass is 9.87. The molecule has 2 atom stereocenters. The predicted molar refractivity (Wildman–Crippen MR) is 135 cm³/mol. The maximum Gasteiger partial charge on any atom is 0.115 e. The fourth-order valence-electron chi connectivity index (χ4n) is 6.13. The first-order valence-electron chi connectivity index (χ1n) is 12.5. The Morgan fingerprint density at radius 1 is 0.758 bits per heavy atom. The van der Waals surface area contributed by atoms with Crippen LogP contribution in [0.15, 0.2) is 72.8 Å². The van der Waals surface area contributed by atoms with Gasteiger partial charge in [-0.2, -0.15) is 0 Å². The quantitative estimate of drug-likeness (QED) is 0.606. The monoisotopic (exact) mass is 439 g/mol. The second-order valence-electron chi connectivity index (χ2n) is 9.79. The number of aromatic hydroxyl groups is 1. The van der Waals surface area contributed by atoms with Crippen molar-refractivity contribution < 1.29 is 5.11 Å². The number of phenols is 1. The molecule has 3 aromatic rings. The Balaban J connectivity index is 1.31. The highest BCUT2D eigenvalue weighted by Gasteiger charge is 2.31. The molecule has 0 saturated carbocycles. The molecule has 3 aliphatic heterocycles. The Kier molecular flexibility index (Phi) is 5.47. The first kappa shape index (κ1) is 20.6. The van der Waals surface area contributed by atoms with Gasteiger partial charge in [0.15, 0.2) is 0 Å². The van der Waals surface area contributed by atoms with Gasteiger partial charge in [0, 0.05) is 43.6 Å². The van der Waals surface area contributed by atoms with Crippen molar-refractivity contribution in [3.05, 3.63) is 89.5 Å². The average molecular weight is 440 g/mol. The number of phenolic OH excluding ortho intramolecular Hbond substituents is 1. The van der Waals surface area contributed by atoms with E-state index in [-0.39, 0.29) is 6.04 Å².